The van der Waals surface area contributed by atoms with Gasteiger partial charge in [-0.25, -0.2) is 4.39 Å². The second-order valence-electron chi connectivity index (χ2n) is 2.46. The van der Waals surface area contributed by atoms with E-state index >= 15 is 0 Å². The zero-order chi connectivity index (χ0) is 7.72. The predicted octanol–water partition coefficient (Wildman–Crippen LogP) is -0.0253. The second kappa shape index (κ2) is 2.33. The van der Waals surface area contributed by atoms with E-state index in [0.29, 0.717) is 11.3 Å². The summed E-state index contributed by atoms with van der Waals surface area (Å²) in [5.74, 6) is -0.225. The summed E-state index contributed by atoms with van der Waals surface area (Å²) < 4.78 is 12.8. The Hall–Kier alpha value is -0.985. The molecule has 0 saturated heterocycles. The molecule has 0 aromatic heterocycles. The summed E-state index contributed by atoms with van der Waals surface area (Å²) >= 11 is 0. The lowest BCUT2D eigenvalue weighted by Crippen LogP contribution is -2.06. The molecule has 0 heterocycles. The minimum Gasteiger partial charge on any atom is -0.398 e. The van der Waals surface area contributed by atoms with Gasteiger partial charge in [0, 0.05) is 11.3 Å². The zero-order valence-electron chi connectivity index (χ0n) is 6.11. The molecule has 52 valence electrons. The van der Waals surface area contributed by atoms with Gasteiger partial charge in [0.2, 0.25) is 0 Å². The molecule has 1 rings (SSSR count). The predicted molar refractivity (Wildman–Crippen MR) is 43.7 cm³/mol. The summed E-state index contributed by atoms with van der Waals surface area (Å²) in [6.45, 7) is 1.67. The van der Waals surface area contributed by atoms with Crippen LogP contribution in [0.1, 0.15) is 5.56 Å². The molecule has 0 saturated carbocycles. The van der Waals surface area contributed by atoms with E-state index in [-0.39, 0.29) is 5.82 Å². The summed E-state index contributed by atoms with van der Waals surface area (Å²) in [5, 5.41) is 0. The fraction of sp³-hybridized carbons (Fsp3) is 0.143. The molecule has 10 heavy (non-hydrogen) atoms. The van der Waals surface area contributed by atoms with Gasteiger partial charge < -0.3 is 5.73 Å². The maximum Gasteiger partial charge on any atom is 0.139 e. The minimum absolute atomic E-state index is 0.225. The van der Waals surface area contributed by atoms with Crippen molar-refractivity contribution in [2.24, 2.45) is 0 Å². The lowest BCUT2D eigenvalue weighted by Gasteiger charge is -2.01. The normalized spacial score (nSPS) is 9.80. The van der Waals surface area contributed by atoms with Gasteiger partial charge in [0.1, 0.15) is 13.7 Å². The van der Waals surface area contributed by atoms with Gasteiger partial charge in [-0.1, -0.05) is 5.46 Å². The third kappa shape index (κ3) is 1.13. The van der Waals surface area contributed by atoms with Gasteiger partial charge in [-0.15, -0.1) is 0 Å². The number of nitrogens with two attached hydrogens (primary N) is 1. The Morgan fingerprint density at radius 1 is 1.50 bits per heavy atom. The average Bonchev–Trinajstić information content (AvgIpc) is 1.82. The van der Waals surface area contributed by atoms with Crippen molar-refractivity contribution >= 4 is 19.0 Å². The van der Waals surface area contributed by atoms with Crippen LogP contribution in [0.15, 0.2) is 12.1 Å². The Bertz CT molecular complexity index is 237. The number of anilines is 1. The molecule has 0 fully saturated rings. The second-order valence-corrected chi connectivity index (χ2v) is 2.46. The van der Waals surface area contributed by atoms with Crippen LogP contribution in [0.25, 0.3) is 0 Å². The fourth-order valence-corrected chi connectivity index (χ4v) is 0.841. The van der Waals surface area contributed by atoms with Crippen LogP contribution < -0.4 is 11.2 Å². The lowest BCUT2D eigenvalue weighted by molar-refractivity contribution is 0.620. The highest BCUT2D eigenvalue weighted by atomic mass is 19.1. The molecule has 0 unspecified atom stereocenters. The number of nitrogen functional groups attached to an aromatic ring is 1. The largest absolute Gasteiger partial charge is 0.398 e. The van der Waals surface area contributed by atoms with Crippen molar-refractivity contribution in [3.8, 4) is 0 Å². The molecule has 1 aromatic carbocycles. The van der Waals surface area contributed by atoms with E-state index in [1.807, 2.05) is 7.85 Å². The quantitative estimate of drug-likeness (QED) is 0.394. The molecule has 0 amide bonds. The van der Waals surface area contributed by atoms with Crippen molar-refractivity contribution in [2.75, 3.05) is 5.73 Å². The van der Waals surface area contributed by atoms with E-state index in [0.717, 1.165) is 5.46 Å². The minimum atomic E-state index is -0.225. The van der Waals surface area contributed by atoms with E-state index in [4.69, 9.17) is 5.73 Å². The standard InChI is InChI=1S/C7H9BFN/c1-4-6(9)2-5(8)3-7(4)10/h2-3H,8,10H2,1H3. The Morgan fingerprint density at radius 2 is 2.10 bits per heavy atom. The Kier molecular flexibility index (Phi) is 1.66. The van der Waals surface area contributed by atoms with E-state index in [2.05, 4.69) is 0 Å². The molecular weight excluding hydrogens is 128 g/mol. The Labute approximate surface area is 60.5 Å². The Morgan fingerprint density at radius 3 is 2.60 bits per heavy atom. The number of benzene rings is 1. The van der Waals surface area contributed by atoms with Crippen LogP contribution >= 0.6 is 0 Å². The highest BCUT2D eigenvalue weighted by Gasteiger charge is 2.00. The van der Waals surface area contributed by atoms with E-state index in [1.54, 1.807) is 13.0 Å². The van der Waals surface area contributed by atoms with Crippen molar-refractivity contribution in [1.29, 1.82) is 0 Å². The van der Waals surface area contributed by atoms with Crippen LogP contribution in [-0.4, -0.2) is 7.85 Å². The number of hydrogen-bond acceptors (Lipinski definition) is 1. The molecule has 0 aliphatic carbocycles. The Balaban J connectivity index is 3.31. The molecule has 0 radical (unpaired) electrons. The fourth-order valence-electron chi connectivity index (χ4n) is 0.841. The topological polar surface area (TPSA) is 26.0 Å². The first-order valence-corrected chi connectivity index (χ1v) is 3.13. The van der Waals surface area contributed by atoms with Crippen molar-refractivity contribution < 1.29 is 4.39 Å². The molecule has 0 spiro atoms. The third-order valence-corrected chi connectivity index (χ3v) is 1.53. The molecular formula is C7H9BFN. The van der Waals surface area contributed by atoms with Crippen molar-refractivity contribution in [3.05, 3.63) is 23.5 Å². The summed E-state index contributed by atoms with van der Waals surface area (Å²) in [6, 6.07) is 3.24. The zero-order valence-corrected chi connectivity index (χ0v) is 6.11. The third-order valence-electron chi connectivity index (χ3n) is 1.53. The van der Waals surface area contributed by atoms with Gasteiger partial charge >= 0.3 is 0 Å². The summed E-state index contributed by atoms with van der Waals surface area (Å²) in [7, 11) is 1.82. The summed E-state index contributed by atoms with van der Waals surface area (Å²) in [6.07, 6.45) is 0. The van der Waals surface area contributed by atoms with E-state index in [9.17, 15) is 4.39 Å². The highest BCUT2D eigenvalue weighted by Crippen LogP contribution is 2.10. The van der Waals surface area contributed by atoms with Crippen LogP contribution in [-0.2, 0) is 0 Å². The van der Waals surface area contributed by atoms with Crippen LogP contribution in [0.2, 0.25) is 0 Å². The van der Waals surface area contributed by atoms with E-state index in [1.165, 1.54) is 6.07 Å². The summed E-state index contributed by atoms with van der Waals surface area (Å²) in [5.41, 5.74) is 7.40. The van der Waals surface area contributed by atoms with Crippen LogP contribution in [0, 0.1) is 12.7 Å². The van der Waals surface area contributed by atoms with E-state index < -0.39 is 0 Å². The molecule has 0 aliphatic heterocycles. The van der Waals surface area contributed by atoms with Gasteiger partial charge in [-0.2, -0.15) is 0 Å². The van der Waals surface area contributed by atoms with Crippen molar-refractivity contribution in [2.45, 2.75) is 6.92 Å². The van der Waals surface area contributed by atoms with Crippen LogP contribution in [0.5, 0.6) is 0 Å². The first-order valence-electron chi connectivity index (χ1n) is 3.13. The summed E-state index contributed by atoms with van der Waals surface area (Å²) in [4.78, 5) is 0. The number of hydrogen-bond donors (Lipinski definition) is 1. The van der Waals surface area contributed by atoms with Crippen LogP contribution in [0.3, 0.4) is 0 Å². The van der Waals surface area contributed by atoms with Crippen LogP contribution in [0.4, 0.5) is 10.1 Å². The number of halogens is 1. The molecule has 0 bridgehead atoms. The van der Waals surface area contributed by atoms with Gasteiger partial charge in [-0.05, 0) is 19.1 Å². The first kappa shape index (κ1) is 7.13. The maximum absolute atomic E-state index is 12.8. The van der Waals surface area contributed by atoms with Gasteiger partial charge in [0.25, 0.3) is 0 Å². The SMILES string of the molecule is Bc1cc(N)c(C)c(F)c1. The molecule has 1 aromatic rings. The molecule has 2 N–H and O–H groups in total. The van der Waals surface area contributed by atoms with Crippen molar-refractivity contribution in [1.82, 2.24) is 0 Å². The molecule has 0 aliphatic rings. The molecule has 0 atom stereocenters. The average molecular weight is 137 g/mol. The maximum atomic E-state index is 12.8. The van der Waals surface area contributed by atoms with Gasteiger partial charge in [0.05, 0.1) is 0 Å². The molecule has 3 heteroatoms. The van der Waals surface area contributed by atoms with Gasteiger partial charge in [0.15, 0.2) is 0 Å². The highest BCUT2D eigenvalue weighted by molar-refractivity contribution is 6.32. The lowest BCUT2D eigenvalue weighted by atomic mass is 9.94. The monoisotopic (exact) mass is 137 g/mol. The smallest absolute Gasteiger partial charge is 0.139 e. The van der Waals surface area contributed by atoms with Gasteiger partial charge in [-0.3, -0.25) is 0 Å². The first-order chi connectivity index (χ1) is 4.61. The molecule has 1 nitrogen and oxygen atoms in total. The van der Waals surface area contributed by atoms with Crippen molar-refractivity contribution in [3.63, 3.8) is 0 Å². The number of rotatable bonds is 0.